The molecule has 2 unspecified atom stereocenters. The average Bonchev–Trinajstić information content (AvgIpc) is 3.01. The van der Waals surface area contributed by atoms with Crippen LogP contribution < -0.4 is 0 Å². The van der Waals surface area contributed by atoms with Gasteiger partial charge in [-0.3, -0.25) is 14.1 Å². The molecule has 0 aliphatic rings. The SMILES string of the molecule is CCCCC/C=C\C/C=C\C/C=C\CC(O)C(O)CCCC(=O)OC[C@H](COP(=O)(O)O)OC(=O)CCCCCCCCCCC. The normalized spacial score (nSPS) is 14.3. The molecule has 0 aromatic rings. The predicted octanol–water partition coefficient (Wildman–Crippen LogP) is 7.78. The van der Waals surface area contributed by atoms with Gasteiger partial charge in [0.25, 0.3) is 0 Å². The third kappa shape index (κ3) is 30.8. The molecule has 4 N–H and O–H groups in total. The number of phosphoric acid groups is 1. The van der Waals surface area contributed by atoms with Crippen molar-refractivity contribution in [3.63, 3.8) is 0 Å². The molecule has 0 fully saturated rings. The van der Waals surface area contributed by atoms with Crippen molar-refractivity contribution in [2.75, 3.05) is 13.2 Å². The average molecular weight is 675 g/mol. The van der Waals surface area contributed by atoms with Crippen LogP contribution in [0.1, 0.15) is 142 Å². The van der Waals surface area contributed by atoms with Gasteiger partial charge < -0.3 is 29.5 Å². The number of carbonyl (C=O) groups excluding carboxylic acids is 2. The number of carbonyl (C=O) groups is 2. The summed E-state index contributed by atoms with van der Waals surface area (Å²) in [6.07, 6.45) is 26.3. The third-order valence-corrected chi connectivity index (χ3v) is 7.85. The Kier molecular flexibility index (Phi) is 29.3. The Morgan fingerprint density at radius 3 is 1.83 bits per heavy atom. The van der Waals surface area contributed by atoms with Gasteiger partial charge in [0.05, 0.1) is 18.8 Å². The summed E-state index contributed by atoms with van der Waals surface area (Å²) < 4.78 is 26.0. The third-order valence-electron chi connectivity index (χ3n) is 7.36. The smallest absolute Gasteiger partial charge is 0.462 e. The van der Waals surface area contributed by atoms with Crippen LogP contribution in [0.15, 0.2) is 36.5 Å². The molecular weight excluding hydrogens is 611 g/mol. The number of esters is 2. The van der Waals surface area contributed by atoms with Gasteiger partial charge in [0, 0.05) is 12.8 Å². The molecule has 3 atom stereocenters. The van der Waals surface area contributed by atoms with Gasteiger partial charge in [0.1, 0.15) is 6.61 Å². The van der Waals surface area contributed by atoms with Gasteiger partial charge in [-0.15, -0.1) is 0 Å². The molecule has 0 amide bonds. The molecule has 0 heterocycles. The number of hydrogen-bond donors (Lipinski definition) is 4. The second-order valence-electron chi connectivity index (χ2n) is 11.8. The maximum Gasteiger partial charge on any atom is 0.469 e. The Morgan fingerprint density at radius 1 is 0.652 bits per heavy atom. The van der Waals surface area contributed by atoms with Gasteiger partial charge in [0.15, 0.2) is 6.10 Å². The second-order valence-corrected chi connectivity index (χ2v) is 13.0. The van der Waals surface area contributed by atoms with Gasteiger partial charge in [-0.25, -0.2) is 4.57 Å². The predicted molar refractivity (Wildman–Crippen MR) is 182 cm³/mol. The number of phosphoric ester groups is 1. The summed E-state index contributed by atoms with van der Waals surface area (Å²) in [5.74, 6) is -1.17. The van der Waals surface area contributed by atoms with Crippen LogP contribution in [-0.4, -0.2) is 63.5 Å². The summed E-state index contributed by atoms with van der Waals surface area (Å²) in [6, 6.07) is 0. The topological polar surface area (TPSA) is 160 Å². The first-order chi connectivity index (χ1) is 22.1. The van der Waals surface area contributed by atoms with E-state index in [4.69, 9.17) is 19.3 Å². The maximum absolute atomic E-state index is 12.3. The van der Waals surface area contributed by atoms with Crippen molar-refractivity contribution < 1.29 is 48.2 Å². The Balaban J connectivity index is 4.27. The van der Waals surface area contributed by atoms with E-state index in [1.807, 2.05) is 12.2 Å². The summed E-state index contributed by atoms with van der Waals surface area (Å²) in [4.78, 5) is 42.5. The summed E-state index contributed by atoms with van der Waals surface area (Å²) >= 11 is 0. The molecule has 0 aromatic heterocycles. The molecule has 11 heteroatoms. The van der Waals surface area contributed by atoms with Crippen LogP contribution >= 0.6 is 7.82 Å². The quantitative estimate of drug-likeness (QED) is 0.0247. The first kappa shape index (κ1) is 44.2. The lowest BCUT2D eigenvalue weighted by Gasteiger charge is -2.19. The van der Waals surface area contributed by atoms with E-state index in [2.05, 4.69) is 42.7 Å². The highest BCUT2D eigenvalue weighted by atomic mass is 31.2. The Hall–Kier alpha value is -1.81. The van der Waals surface area contributed by atoms with Crippen molar-refractivity contribution in [3.8, 4) is 0 Å². The van der Waals surface area contributed by atoms with Gasteiger partial charge in [-0.05, 0) is 51.4 Å². The molecule has 10 nitrogen and oxygen atoms in total. The largest absolute Gasteiger partial charge is 0.469 e. The second kappa shape index (κ2) is 30.5. The van der Waals surface area contributed by atoms with E-state index in [9.17, 15) is 24.4 Å². The molecule has 0 radical (unpaired) electrons. The molecule has 46 heavy (non-hydrogen) atoms. The number of hydrogen-bond acceptors (Lipinski definition) is 8. The van der Waals surface area contributed by atoms with Crippen LogP contribution in [0.3, 0.4) is 0 Å². The van der Waals surface area contributed by atoms with Crippen molar-refractivity contribution in [2.24, 2.45) is 0 Å². The molecular formula is C35H63O10P. The van der Waals surface area contributed by atoms with Crippen molar-refractivity contribution in [1.82, 2.24) is 0 Å². The number of rotatable bonds is 31. The zero-order chi connectivity index (χ0) is 34.3. The zero-order valence-corrected chi connectivity index (χ0v) is 29.3. The molecule has 0 aliphatic heterocycles. The van der Waals surface area contributed by atoms with Crippen LogP contribution in [0, 0.1) is 0 Å². The lowest BCUT2D eigenvalue weighted by Crippen LogP contribution is -2.29. The lowest BCUT2D eigenvalue weighted by atomic mass is 10.0. The number of unbranched alkanes of at least 4 members (excludes halogenated alkanes) is 11. The van der Waals surface area contributed by atoms with Crippen LogP contribution in [-0.2, 0) is 28.2 Å². The summed E-state index contributed by atoms with van der Waals surface area (Å²) in [5, 5.41) is 20.4. The van der Waals surface area contributed by atoms with Crippen LogP contribution in [0.25, 0.3) is 0 Å². The molecule has 0 saturated heterocycles. The highest BCUT2D eigenvalue weighted by Crippen LogP contribution is 2.36. The Bertz CT molecular complexity index is 883. The molecule has 268 valence electrons. The standard InChI is InChI=1S/C35H63O10P/c1-3-5-7-9-11-13-14-15-17-18-20-22-25-32(36)33(37)26-24-28-34(38)43-29-31(30-44-46(40,41)42)45-35(39)27-23-21-19-16-12-10-8-6-4-2/h11,13,15,17,20,22,31-33,36-37H,3-10,12,14,16,18-19,21,23-30H2,1-2H3,(H2,40,41,42)/b13-11-,17-15-,22-20-/t31-,32?,33?/m1/s1. The fourth-order valence-corrected chi connectivity index (χ4v) is 4.95. The van der Waals surface area contributed by atoms with E-state index in [0.717, 1.165) is 38.5 Å². The first-order valence-electron chi connectivity index (χ1n) is 17.4. The molecule has 0 rings (SSSR count). The highest BCUT2D eigenvalue weighted by molar-refractivity contribution is 7.46. The van der Waals surface area contributed by atoms with E-state index >= 15 is 0 Å². The minimum atomic E-state index is -4.81. The maximum atomic E-state index is 12.3. The monoisotopic (exact) mass is 674 g/mol. The number of aliphatic hydroxyl groups is 2. The number of aliphatic hydroxyl groups excluding tert-OH is 2. The van der Waals surface area contributed by atoms with Gasteiger partial charge in [-0.2, -0.15) is 0 Å². The molecule has 0 saturated carbocycles. The molecule has 0 aromatic carbocycles. The summed E-state index contributed by atoms with van der Waals surface area (Å²) in [6.45, 7) is 3.34. The lowest BCUT2D eigenvalue weighted by molar-refractivity contribution is -0.161. The van der Waals surface area contributed by atoms with Gasteiger partial charge in [0.2, 0.25) is 0 Å². The molecule has 0 aliphatic carbocycles. The molecule has 0 bridgehead atoms. The Labute approximate surface area is 277 Å². The number of allylic oxidation sites excluding steroid dienone is 5. The summed E-state index contributed by atoms with van der Waals surface area (Å²) in [5.41, 5.74) is 0. The van der Waals surface area contributed by atoms with E-state index < -0.39 is 51.3 Å². The zero-order valence-electron chi connectivity index (χ0n) is 28.4. The summed E-state index contributed by atoms with van der Waals surface area (Å²) in [7, 11) is -4.81. The van der Waals surface area contributed by atoms with Crippen molar-refractivity contribution in [3.05, 3.63) is 36.5 Å². The highest BCUT2D eigenvalue weighted by Gasteiger charge is 2.23. The molecule has 0 spiro atoms. The Morgan fingerprint density at radius 2 is 1.20 bits per heavy atom. The van der Waals surface area contributed by atoms with Crippen LogP contribution in [0.2, 0.25) is 0 Å². The fourth-order valence-electron chi connectivity index (χ4n) is 4.59. The van der Waals surface area contributed by atoms with E-state index in [1.54, 1.807) is 0 Å². The van der Waals surface area contributed by atoms with E-state index in [-0.39, 0.29) is 25.7 Å². The minimum absolute atomic E-state index is 0.0457. The number of ether oxygens (including phenoxy) is 2. The first-order valence-corrected chi connectivity index (χ1v) is 19.0. The fraction of sp³-hybridized carbons (Fsp3) is 0.771. The minimum Gasteiger partial charge on any atom is -0.462 e. The van der Waals surface area contributed by atoms with Gasteiger partial charge in [-0.1, -0.05) is 115 Å². The van der Waals surface area contributed by atoms with E-state index in [0.29, 0.717) is 12.8 Å². The van der Waals surface area contributed by atoms with Crippen molar-refractivity contribution in [2.45, 2.75) is 161 Å². The van der Waals surface area contributed by atoms with Crippen LogP contribution in [0.5, 0.6) is 0 Å². The van der Waals surface area contributed by atoms with Crippen molar-refractivity contribution >= 4 is 19.8 Å². The van der Waals surface area contributed by atoms with E-state index in [1.165, 1.54) is 51.4 Å². The van der Waals surface area contributed by atoms with Crippen LogP contribution in [0.4, 0.5) is 0 Å². The van der Waals surface area contributed by atoms with Crippen molar-refractivity contribution in [1.29, 1.82) is 0 Å². The van der Waals surface area contributed by atoms with Gasteiger partial charge >= 0.3 is 19.8 Å².